The van der Waals surface area contributed by atoms with Crippen LogP contribution < -0.4 is 14.2 Å². The van der Waals surface area contributed by atoms with Crippen molar-refractivity contribution in [1.82, 2.24) is 14.7 Å². The van der Waals surface area contributed by atoms with Crippen LogP contribution in [0.15, 0.2) is 48.5 Å². The van der Waals surface area contributed by atoms with Gasteiger partial charge in [0.1, 0.15) is 11.4 Å². The lowest BCUT2D eigenvalue weighted by Crippen LogP contribution is -2.32. The molecule has 2 aromatic carbocycles. The predicted octanol–water partition coefficient (Wildman–Crippen LogP) is 4.09. The standard InChI is InChI=1S/C24H27N3O4/c1-26-21(15-19(25-26)16-7-10-18(29-2)11-8-16)24(28)27-13-5-6-20(27)17-9-12-22(30-3)23(14-17)31-4/h7-12,14-15,20H,5-6,13H2,1-4H3/t20-/m0/s1. The number of nitrogens with zero attached hydrogens (tertiary/aromatic N) is 3. The Labute approximate surface area is 182 Å². The van der Waals surface area contributed by atoms with Crippen molar-refractivity contribution >= 4 is 5.91 Å². The molecule has 0 aliphatic carbocycles. The van der Waals surface area contributed by atoms with Crippen molar-refractivity contribution in [3.63, 3.8) is 0 Å². The molecule has 7 nitrogen and oxygen atoms in total. The van der Waals surface area contributed by atoms with Crippen molar-refractivity contribution in [1.29, 1.82) is 0 Å². The lowest BCUT2D eigenvalue weighted by molar-refractivity contribution is 0.0724. The van der Waals surface area contributed by atoms with Crippen molar-refractivity contribution in [2.24, 2.45) is 7.05 Å². The van der Waals surface area contributed by atoms with Gasteiger partial charge in [-0.05, 0) is 60.9 Å². The van der Waals surface area contributed by atoms with Crippen LogP contribution in [0.1, 0.15) is 34.9 Å². The fourth-order valence-corrected chi connectivity index (χ4v) is 4.13. The van der Waals surface area contributed by atoms with Crippen LogP contribution in [-0.2, 0) is 7.05 Å². The smallest absolute Gasteiger partial charge is 0.272 e. The fraction of sp³-hybridized carbons (Fsp3) is 0.333. The summed E-state index contributed by atoms with van der Waals surface area (Å²) in [5.74, 6) is 2.11. The van der Waals surface area contributed by atoms with Crippen molar-refractivity contribution in [2.45, 2.75) is 18.9 Å². The van der Waals surface area contributed by atoms with E-state index in [1.807, 2.05) is 60.5 Å². The number of carbonyl (C=O) groups is 1. The summed E-state index contributed by atoms with van der Waals surface area (Å²) in [5, 5.41) is 4.57. The number of hydrogen-bond donors (Lipinski definition) is 0. The van der Waals surface area contributed by atoms with Crippen LogP contribution in [0.2, 0.25) is 0 Å². The van der Waals surface area contributed by atoms with E-state index < -0.39 is 0 Å². The van der Waals surface area contributed by atoms with E-state index in [-0.39, 0.29) is 11.9 Å². The van der Waals surface area contributed by atoms with Gasteiger partial charge in [0.25, 0.3) is 5.91 Å². The summed E-state index contributed by atoms with van der Waals surface area (Å²) in [4.78, 5) is 15.4. The molecule has 1 fully saturated rings. The first-order chi connectivity index (χ1) is 15.0. The molecule has 0 unspecified atom stereocenters. The monoisotopic (exact) mass is 421 g/mol. The maximum Gasteiger partial charge on any atom is 0.272 e. The highest BCUT2D eigenvalue weighted by Crippen LogP contribution is 2.37. The molecule has 7 heteroatoms. The molecule has 0 radical (unpaired) electrons. The van der Waals surface area contributed by atoms with Crippen molar-refractivity contribution < 1.29 is 19.0 Å². The van der Waals surface area contributed by atoms with Crippen molar-refractivity contribution in [3.05, 3.63) is 59.8 Å². The molecule has 1 aromatic heterocycles. The maximum atomic E-state index is 13.5. The number of aryl methyl sites for hydroxylation is 1. The minimum absolute atomic E-state index is 0.00774. The molecule has 1 amide bonds. The molecule has 1 aliphatic heterocycles. The minimum atomic E-state index is -0.0213. The Hall–Kier alpha value is -3.48. The van der Waals surface area contributed by atoms with Crippen LogP contribution in [0.5, 0.6) is 17.2 Å². The molecule has 2 heterocycles. The molecular formula is C24H27N3O4. The molecule has 0 saturated carbocycles. The van der Waals surface area contributed by atoms with E-state index in [0.29, 0.717) is 23.7 Å². The van der Waals surface area contributed by atoms with Crippen LogP contribution in [0.25, 0.3) is 11.3 Å². The van der Waals surface area contributed by atoms with Gasteiger partial charge in [0.15, 0.2) is 11.5 Å². The zero-order valence-corrected chi connectivity index (χ0v) is 18.3. The molecule has 162 valence electrons. The molecule has 0 bridgehead atoms. The Morgan fingerprint density at radius 3 is 2.39 bits per heavy atom. The average Bonchev–Trinajstić information content (AvgIpc) is 3.45. The van der Waals surface area contributed by atoms with Gasteiger partial charge >= 0.3 is 0 Å². The number of amides is 1. The van der Waals surface area contributed by atoms with Crippen LogP contribution in [0, 0.1) is 0 Å². The Morgan fingerprint density at radius 1 is 0.968 bits per heavy atom. The minimum Gasteiger partial charge on any atom is -0.497 e. The van der Waals surface area contributed by atoms with Crippen molar-refractivity contribution in [2.75, 3.05) is 27.9 Å². The number of hydrogen-bond acceptors (Lipinski definition) is 5. The molecule has 1 saturated heterocycles. The summed E-state index contributed by atoms with van der Waals surface area (Å²) in [7, 11) is 6.68. The number of carbonyl (C=O) groups excluding carboxylic acids is 1. The Kier molecular flexibility index (Phi) is 5.84. The summed E-state index contributed by atoms with van der Waals surface area (Å²) >= 11 is 0. The third kappa shape index (κ3) is 3.95. The summed E-state index contributed by atoms with van der Waals surface area (Å²) in [6, 6.07) is 15.4. The summed E-state index contributed by atoms with van der Waals surface area (Å²) in [6.45, 7) is 0.709. The molecular weight excluding hydrogens is 394 g/mol. The fourth-order valence-electron chi connectivity index (χ4n) is 4.13. The number of benzene rings is 2. The Balaban J connectivity index is 1.61. The lowest BCUT2D eigenvalue weighted by atomic mass is 10.0. The average molecular weight is 421 g/mol. The van der Waals surface area contributed by atoms with Gasteiger partial charge in [-0.2, -0.15) is 5.10 Å². The van der Waals surface area contributed by atoms with E-state index in [9.17, 15) is 4.79 Å². The highest BCUT2D eigenvalue weighted by atomic mass is 16.5. The number of likely N-dealkylation sites (tertiary alicyclic amines) is 1. The zero-order chi connectivity index (χ0) is 22.0. The van der Waals surface area contributed by atoms with Gasteiger partial charge in [-0.1, -0.05) is 6.07 Å². The number of ether oxygens (including phenoxy) is 3. The summed E-state index contributed by atoms with van der Waals surface area (Å²) < 4.78 is 17.7. The second-order valence-corrected chi connectivity index (χ2v) is 7.54. The maximum absolute atomic E-state index is 13.5. The normalized spacial score (nSPS) is 15.7. The van der Waals surface area contributed by atoms with Gasteiger partial charge in [-0.25, -0.2) is 0 Å². The van der Waals surface area contributed by atoms with Crippen LogP contribution in [-0.4, -0.2) is 48.5 Å². The second kappa shape index (κ2) is 8.71. The summed E-state index contributed by atoms with van der Waals surface area (Å²) in [5.41, 5.74) is 3.31. The molecule has 1 aliphatic rings. The van der Waals surface area contributed by atoms with Gasteiger partial charge in [0.05, 0.1) is 33.1 Å². The first-order valence-electron chi connectivity index (χ1n) is 10.3. The van der Waals surface area contributed by atoms with Gasteiger partial charge < -0.3 is 19.1 Å². The van der Waals surface area contributed by atoms with E-state index in [1.165, 1.54) is 0 Å². The van der Waals surface area contributed by atoms with Crippen LogP contribution in [0.3, 0.4) is 0 Å². The second-order valence-electron chi connectivity index (χ2n) is 7.54. The van der Waals surface area contributed by atoms with Crippen LogP contribution >= 0.6 is 0 Å². The topological polar surface area (TPSA) is 65.8 Å². The first-order valence-corrected chi connectivity index (χ1v) is 10.3. The van der Waals surface area contributed by atoms with Gasteiger partial charge in [-0.3, -0.25) is 9.48 Å². The van der Waals surface area contributed by atoms with E-state index in [0.717, 1.165) is 35.4 Å². The lowest BCUT2D eigenvalue weighted by Gasteiger charge is -2.25. The molecule has 3 aromatic rings. The molecule has 1 atom stereocenters. The van der Waals surface area contributed by atoms with Gasteiger partial charge in [0.2, 0.25) is 0 Å². The highest BCUT2D eigenvalue weighted by molar-refractivity contribution is 5.94. The van der Waals surface area contributed by atoms with Gasteiger partial charge in [0, 0.05) is 19.2 Å². The third-order valence-corrected chi connectivity index (χ3v) is 5.79. The third-order valence-electron chi connectivity index (χ3n) is 5.79. The number of aromatic nitrogens is 2. The zero-order valence-electron chi connectivity index (χ0n) is 18.3. The van der Waals surface area contributed by atoms with E-state index >= 15 is 0 Å². The number of rotatable bonds is 6. The molecule has 31 heavy (non-hydrogen) atoms. The summed E-state index contributed by atoms with van der Waals surface area (Å²) in [6.07, 6.45) is 1.86. The Morgan fingerprint density at radius 2 is 1.71 bits per heavy atom. The van der Waals surface area contributed by atoms with Crippen LogP contribution in [0.4, 0.5) is 0 Å². The predicted molar refractivity (Wildman–Crippen MR) is 118 cm³/mol. The van der Waals surface area contributed by atoms with E-state index in [1.54, 1.807) is 26.0 Å². The molecule has 0 N–H and O–H groups in total. The Bertz CT molecular complexity index is 1070. The first kappa shape index (κ1) is 20.8. The number of methoxy groups -OCH3 is 3. The van der Waals surface area contributed by atoms with Crippen molar-refractivity contribution in [3.8, 4) is 28.5 Å². The largest absolute Gasteiger partial charge is 0.497 e. The quantitative estimate of drug-likeness (QED) is 0.600. The highest BCUT2D eigenvalue weighted by Gasteiger charge is 2.32. The SMILES string of the molecule is COc1ccc(-c2cc(C(=O)N3CCC[C@H]3c3ccc(OC)c(OC)c3)n(C)n2)cc1. The van der Waals surface area contributed by atoms with Gasteiger partial charge in [-0.15, -0.1) is 0 Å². The molecule has 0 spiro atoms. The van der Waals surface area contributed by atoms with E-state index in [4.69, 9.17) is 14.2 Å². The van der Waals surface area contributed by atoms with E-state index in [2.05, 4.69) is 5.10 Å². The molecule has 4 rings (SSSR count).